The maximum Gasteiger partial charge on any atom is 0.161 e. The molecule has 82 valence electrons. The summed E-state index contributed by atoms with van der Waals surface area (Å²) in [5, 5.41) is 9.07. The van der Waals surface area contributed by atoms with Gasteiger partial charge in [-0.2, -0.15) is 0 Å². The van der Waals surface area contributed by atoms with Gasteiger partial charge in [-0.1, -0.05) is 12.1 Å². The summed E-state index contributed by atoms with van der Waals surface area (Å²) in [6, 6.07) is 7.44. The number of aliphatic hydroxyl groups is 1. The molecule has 15 heavy (non-hydrogen) atoms. The molecule has 0 bridgehead atoms. The molecular formula is C12H17NO2. The summed E-state index contributed by atoms with van der Waals surface area (Å²) in [7, 11) is 1.88. The van der Waals surface area contributed by atoms with Gasteiger partial charge in [0.1, 0.15) is 0 Å². The minimum atomic E-state index is 0.00509. The van der Waals surface area contributed by atoms with Crippen molar-refractivity contribution in [3.05, 3.63) is 29.8 Å². The second kappa shape index (κ2) is 4.94. The van der Waals surface area contributed by atoms with Crippen molar-refractivity contribution in [1.29, 1.82) is 0 Å². The van der Waals surface area contributed by atoms with E-state index in [4.69, 9.17) is 5.11 Å². The predicted octanol–water partition coefficient (Wildman–Crippen LogP) is 1.71. The SMILES string of the molecule is CC(=O)c1ccccc1N(C)C(C)CO. The third-order valence-electron chi connectivity index (χ3n) is 2.59. The number of carbonyl (C=O) groups is 1. The largest absolute Gasteiger partial charge is 0.394 e. The van der Waals surface area contributed by atoms with Crippen molar-refractivity contribution in [2.75, 3.05) is 18.6 Å². The molecule has 1 aromatic rings. The number of ketones is 1. The Morgan fingerprint density at radius 1 is 1.47 bits per heavy atom. The zero-order valence-corrected chi connectivity index (χ0v) is 9.40. The molecule has 3 heteroatoms. The zero-order valence-electron chi connectivity index (χ0n) is 9.40. The van der Waals surface area contributed by atoms with Crippen LogP contribution in [0.15, 0.2) is 24.3 Å². The number of rotatable bonds is 4. The Balaban J connectivity index is 3.07. The molecule has 1 rings (SSSR count). The molecule has 1 aromatic carbocycles. The normalized spacial score (nSPS) is 12.3. The quantitative estimate of drug-likeness (QED) is 0.764. The average molecular weight is 207 g/mol. The summed E-state index contributed by atoms with van der Waals surface area (Å²) in [6.07, 6.45) is 0. The van der Waals surface area contributed by atoms with Gasteiger partial charge in [0.05, 0.1) is 6.61 Å². The maximum absolute atomic E-state index is 11.4. The van der Waals surface area contributed by atoms with E-state index in [1.54, 1.807) is 13.0 Å². The standard InChI is InChI=1S/C12H17NO2/c1-9(8-14)13(3)12-7-5-4-6-11(12)10(2)15/h4-7,9,14H,8H2,1-3H3. The lowest BCUT2D eigenvalue weighted by Gasteiger charge is -2.27. The van der Waals surface area contributed by atoms with Crippen LogP contribution in [0.4, 0.5) is 5.69 Å². The Kier molecular flexibility index (Phi) is 3.86. The maximum atomic E-state index is 11.4. The van der Waals surface area contributed by atoms with E-state index in [-0.39, 0.29) is 18.4 Å². The van der Waals surface area contributed by atoms with Crippen LogP contribution in [0.2, 0.25) is 0 Å². The molecule has 3 nitrogen and oxygen atoms in total. The minimum absolute atomic E-state index is 0.00509. The number of nitrogens with zero attached hydrogens (tertiary/aromatic N) is 1. The van der Waals surface area contributed by atoms with E-state index in [2.05, 4.69) is 0 Å². The number of aliphatic hydroxyl groups excluding tert-OH is 1. The molecule has 0 radical (unpaired) electrons. The molecule has 0 amide bonds. The first-order valence-corrected chi connectivity index (χ1v) is 5.01. The van der Waals surface area contributed by atoms with Crippen LogP contribution in [0.1, 0.15) is 24.2 Å². The smallest absolute Gasteiger partial charge is 0.161 e. The molecule has 0 aliphatic rings. The Labute approximate surface area is 90.3 Å². The summed E-state index contributed by atoms with van der Waals surface area (Å²) in [5.74, 6) is 0.0441. The molecule has 1 N–H and O–H groups in total. The highest BCUT2D eigenvalue weighted by atomic mass is 16.3. The van der Waals surface area contributed by atoms with Gasteiger partial charge in [-0.15, -0.1) is 0 Å². The van der Waals surface area contributed by atoms with Crippen molar-refractivity contribution < 1.29 is 9.90 Å². The molecular weight excluding hydrogens is 190 g/mol. The van der Waals surface area contributed by atoms with Crippen LogP contribution in [0.5, 0.6) is 0 Å². The second-order valence-corrected chi connectivity index (χ2v) is 3.72. The van der Waals surface area contributed by atoms with E-state index in [0.29, 0.717) is 5.56 Å². The topological polar surface area (TPSA) is 40.5 Å². The van der Waals surface area contributed by atoms with E-state index in [9.17, 15) is 4.79 Å². The van der Waals surface area contributed by atoms with Crippen molar-refractivity contribution in [1.82, 2.24) is 0 Å². The second-order valence-electron chi connectivity index (χ2n) is 3.72. The molecule has 1 atom stereocenters. The van der Waals surface area contributed by atoms with Gasteiger partial charge in [0.25, 0.3) is 0 Å². The first-order valence-electron chi connectivity index (χ1n) is 5.01. The number of likely N-dealkylation sites (N-methyl/N-ethyl adjacent to an activating group) is 1. The van der Waals surface area contributed by atoms with E-state index >= 15 is 0 Å². The summed E-state index contributed by atoms with van der Waals surface area (Å²) in [4.78, 5) is 13.3. The highest BCUT2D eigenvalue weighted by Gasteiger charge is 2.14. The van der Waals surface area contributed by atoms with Crippen molar-refractivity contribution in [2.24, 2.45) is 0 Å². The van der Waals surface area contributed by atoms with Gasteiger partial charge < -0.3 is 10.0 Å². The molecule has 0 heterocycles. The van der Waals surface area contributed by atoms with Gasteiger partial charge in [0.15, 0.2) is 5.78 Å². The van der Waals surface area contributed by atoms with Gasteiger partial charge in [-0.3, -0.25) is 4.79 Å². The molecule has 0 fully saturated rings. The lowest BCUT2D eigenvalue weighted by Crippen LogP contribution is -2.32. The molecule has 0 aliphatic heterocycles. The Hall–Kier alpha value is -1.35. The van der Waals surface area contributed by atoms with Crippen LogP contribution >= 0.6 is 0 Å². The molecule has 0 saturated carbocycles. The summed E-state index contributed by atoms with van der Waals surface area (Å²) in [6.45, 7) is 3.54. The molecule has 0 aliphatic carbocycles. The number of carbonyl (C=O) groups excluding carboxylic acids is 1. The Morgan fingerprint density at radius 3 is 2.60 bits per heavy atom. The van der Waals surface area contributed by atoms with E-state index in [1.807, 2.05) is 37.1 Å². The van der Waals surface area contributed by atoms with Crippen molar-refractivity contribution in [2.45, 2.75) is 19.9 Å². The van der Waals surface area contributed by atoms with Gasteiger partial charge in [-0.25, -0.2) is 0 Å². The van der Waals surface area contributed by atoms with Crippen LogP contribution in [-0.4, -0.2) is 30.6 Å². The Morgan fingerprint density at radius 2 is 2.07 bits per heavy atom. The summed E-state index contributed by atoms with van der Waals surface area (Å²) in [5.41, 5.74) is 1.56. The number of Topliss-reactive ketones (excluding diaryl/α,β-unsaturated/α-hetero) is 1. The summed E-state index contributed by atoms with van der Waals surface area (Å²) < 4.78 is 0. The first kappa shape index (κ1) is 11.7. The Bertz CT molecular complexity index is 349. The number of hydrogen-bond donors (Lipinski definition) is 1. The van der Waals surface area contributed by atoms with E-state index in [0.717, 1.165) is 5.69 Å². The van der Waals surface area contributed by atoms with Crippen molar-refractivity contribution >= 4 is 11.5 Å². The lowest BCUT2D eigenvalue weighted by atomic mass is 10.1. The highest BCUT2D eigenvalue weighted by molar-refractivity contribution is 5.99. The predicted molar refractivity (Wildman–Crippen MR) is 61.4 cm³/mol. The van der Waals surface area contributed by atoms with Gasteiger partial charge in [-0.05, 0) is 26.0 Å². The van der Waals surface area contributed by atoms with Crippen LogP contribution in [-0.2, 0) is 0 Å². The van der Waals surface area contributed by atoms with Crippen LogP contribution in [0, 0.1) is 0 Å². The van der Waals surface area contributed by atoms with Gasteiger partial charge in [0.2, 0.25) is 0 Å². The van der Waals surface area contributed by atoms with Gasteiger partial charge >= 0.3 is 0 Å². The molecule has 0 aromatic heterocycles. The third kappa shape index (κ3) is 2.57. The fourth-order valence-corrected chi connectivity index (χ4v) is 1.44. The number of para-hydroxylation sites is 1. The fourth-order valence-electron chi connectivity index (χ4n) is 1.44. The number of anilines is 1. The number of benzene rings is 1. The van der Waals surface area contributed by atoms with Crippen molar-refractivity contribution in [3.63, 3.8) is 0 Å². The highest BCUT2D eigenvalue weighted by Crippen LogP contribution is 2.21. The van der Waals surface area contributed by atoms with Crippen LogP contribution < -0.4 is 4.90 Å². The zero-order chi connectivity index (χ0) is 11.4. The monoisotopic (exact) mass is 207 g/mol. The van der Waals surface area contributed by atoms with E-state index in [1.165, 1.54) is 0 Å². The van der Waals surface area contributed by atoms with Crippen LogP contribution in [0.3, 0.4) is 0 Å². The molecule has 0 spiro atoms. The van der Waals surface area contributed by atoms with Crippen molar-refractivity contribution in [3.8, 4) is 0 Å². The summed E-state index contributed by atoms with van der Waals surface area (Å²) >= 11 is 0. The fraction of sp³-hybridized carbons (Fsp3) is 0.417. The molecule has 0 saturated heterocycles. The first-order chi connectivity index (χ1) is 7.07. The average Bonchev–Trinajstić information content (AvgIpc) is 2.27. The van der Waals surface area contributed by atoms with E-state index < -0.39 is 0 Å². The molecule has 1 unspecified atom stereocenters. The lowest BCUT2D eigenvalue weighted by molar-refractivity contribution is 0.101. The van der Waals surface area contributed by atoms with Crippen LogP contribution in [0.25, 0.3) is 0 Å². The van der Waals surface area contributed by atoms with Gasteiger partial charge in [0, 0.05) is 24.3 Å². The number of hydrogen-bond acceptors (Lipinski definition) is 3. The third-order valence-corrected chi connectivity index (χ3v) is 2.59. The minimum Gasteiger partial charge on any atom is -0.394 e.